The van der Waals surface area contributed by atoms with Gasteiger partial charge in [-0.25, -0.2) is 0 Å². The van der Waals surface area contributed by atoms with E-state index in [9.17, 15) is 4.79 Å². The Hall–Kier alpha value is -2.44. The molecule has 7 heteroatoms. The van der Waals surface area contributed by atoms with Crippen molar-refractivity contribution < 1.29 is 23.7 Å². The topological polar surface area (TPSA) is 66.0 Å². The number of carbonyl (C=O) groups is 1. The molecule has 148 valence electrons. The van der Waals surface area contributed by atoms with E-state index in [1.165, 1.54) is 0 Å². The Bertz CT molecular complexity index is 851. The molecule has 1 saturated heterocycles. The smallest absolute Gasteiger partial charge is 0.258 e. The maximum Gasteiger partial charge on any atom is 0.258 e. The summed E-state index contributed by atoms with van der Waals surface area (Å²) in [6, 6.07) is 11.1. The maximum absolute atomic E-state index is 12.0. The molecule has 4 rings (SSSR count). The molecule has 1 N–H and O–H groups in total. The third-order valence-electron chi connectivity index (χ3n) is 4.67. The van der Waals surface area contributed by atoms with Gasteiger partial charge in [-0.15, -0.1) is 0 Å². The summed E-state index contributed by atoms with van der Waals surface area (Å²) in [5.74, 6) is 1.79. The van der Waals surface area contributed by atoms with Crippen LogP contribution >= 0.6 is 11.6 Å². The summed E-state index contributed by atoms with van der Waals surface area (Å²) in [7, 11) is 0. The van der Waals surface area contributed by atoms with E-state index >= 15 is 0 Å². The highest BCUT2D eigenvalue weighted by molar-refractivity contribution is 6.31. The lowest BCUT2D eigenvalue weighted by molar-refractivity contribution is -0.123. The summed E-state index contributed by atoms with van der Waals surface area (Å²) in [5.41, 5.74) is 1.80. The third-order valence-corrected chi connectivity index (χ3v) is 4.89. The van der Waals surface area contributed by atoms with Crippen LogP contribution in [-0.4, -0.2) is 45.0 Å². The highest BCUT2D eigenvalue weighted by Gasteiger charge is 2.17. The van der Waals surface area contributed by atoms with E-state index < -0.39 is 0 Å². The van der Waals surface area contributed by atoms with Gasteiger partial charge in [-0.05, 0) is 54.3 Å². The first kappa shape index (κ1) is 18.9. The number of hydrogen-bond acceptors (Lipinski definition) is 5. The molecule has 2 aliphatic rings. The van der Waals surface area contributed by atoms with Crippen LogP contribution in [0.15, 0.2) is 36.4 Å². The first-order chi connectivity index (χ1) is 13.7. The van der Waals surface area contributed by atoms with Crippen molar-refractivity contribution in [2.45, 2.75) is 18.9 Å². The lowest BCUT2D eigenvalue weighted by Crippen LogP contribution is -2.35. The Morgan fingerprint density at radius 3 is 2.75 bits per heavy atom. The van der Waals surface area contributed by atoms with Crippen LogP contribution in [0.4, 0.5) is 0 Å². The Kier molecular flexibility index (Phi) is 5.88. The Balaban J connectivity index is 1.40. The number of amides is 1. The zero-order valence-corrected chi connectivity index (χ0v) is 16.2. The van der Waals surface area contributed by atoms with Crippen molar-refractivity contribution in [3.05, 3.63) is 41.4 Å². The Labute approximate surface area is 168 Å². The SMILES string of the molecule is O=C(COc1cc(Cl)cc(-c2ccc3c(c2)OCCO3)c1)NCC1CCCO1. The molecule has 0 bridgehead atoms. The zero-order valence-electron chi connectivity index (χ0n) is 15.4. The number of benzene rings is 2. The number of rotatable bonds is 6. The molecule has 0 saturated carbocycles. The monoisotopic (exact) mass is 403 g/mol. The first-order valence-electron chi connectivity index (χ1n) is 9.39. The number of halogens is 1. The van der Waals surface area contributed by atoms with Gasteiger partial charge in [0, 0.05) is 18.2 Å². The highest BCUT2D eigenvalue weighted by Crippen LogP contribution is 2.36. The molecule has 1 unspecified atom stereocenters. The molecule has 0 aliphatic carbocycles. The second-order valence-corrected chi connectivity index (χ2v) is 7.20. The van der Waals surface area contributed by atoms with Gasteiger partial charge in [0.15, 0.2) is 18.1 Å². The largest absolute Gasteiger partial charge is 0.486 e. The summed E-state index contributed by atoms with van der Waals surface area (Å²) in [4.78, 5) is 12.0. The second-order valence-electron chi connectivity index (χ2n) is 6.76. The fraction of sp³-hybridized carbons (Fsp3) is 0.381. The quantitative estimate of drug-likeness (QED) is 0.800. The van der Waals surface area contributed by atoms with E-state index in [0.29, 0.717) is 36.3 Å². The fourth-order valence-corrected chi connectivity index (χ4v) is 3.49. The minimum atomic E-state index is -0.184. The molecular weight excluding hydrogens is 382 g/mol. The molecule has 1 amide bonds. The minimum Gasteiger partial charge on any atom is -0.486 e. The van der Waals surface area contributed by atoms with Gasteiger partial charge in [-0.1, -0.05) is 17.7 Å². The number of nitrogens with one attached hydrogen (secondary N) is 1. The van der Waals surface area contributed by atoms with Gasteiger partial charge in [0.25, 0.3) is 5.91 Å². The lowest BCUT2D eigenvalue weighted by Gasteiger charge is -2.19. The molecule has 2 aliphatic heterocycles. The molecule has 2 heterocycles. The van der Waals surface area contributed by atoms with Gasteiger partial charge in [-0.3, -0.25) is 4.79 Å². The van der Waals surface area contributed by atoms with E-state index in [1.807, 2.05) is 30.3 Å². The number of carbonyl (C=O) groups excluding carboxylic acids is 1. The van der Waals surface area contributed by atoms with E-state index in [1.54, 1.807) is 6.07 Å². The summed E-state index contributed by atoms with van der Waals surface area (Å²) >= 11 is 6.25. The van der Waals surface area contributed by atoms with Crippen molar-refractivity contribution in [3.63, 3.8) is 0 Å². The van der Waals surface area contributed by atoms with Gasteiger partial charge >= 0.3 is 0 Å². The van der Waals surface area contributed by atoms with Gasteiger partial charge in [0.1, 0.15) is 19.0 Å². The van der Waals surface area contributed by atoms with Crippen LogP contribution in [-0.2, 0) is 9.53 Å². The average Bonchev–Trinajstić information content (AvgIpc) is 3.23. The number of ether oxygens (including phenoxy) is 4. The van der Waals surface area contributed by atoms with E-state index in [-0.39, 0.29) is 18.6 Å². The summed E-state index contributed by atoms with van der Waals surface area (Å²) in [6.45, 7) is 2.29. The van der Waals surface area contributed by atoms with Crippen LogP contribution in [0.3, 0.4) is 0 Å². The van der Waals surface area contributed by atoms with E-state index in [4.69, 9.17) is 30.5 Å². The molecule has 1 fully saturated rings. The summed E-state index contributed by atoms with van der Waals surface area (Å²) in [6.07, 6.45) is 2.13. The minimum absolute atomic E-state index is 0.0758. The summed E-state index contributed by atoms with van der Waals surface area (Å²) in [5, 5.41) is 3.37. The van der Waals surface area contributed by atoms with E-state index in [0.717, 1.165) is 36.3 Å². The van der Waals surface area contributed by atoms with Crippen molar-refractivity contribution in [2.75, 3.05) is 33.0 Å². The predicted molar refractivity (Wildman–Crippen MR) is 105 cm³/mol. The van der Waals surface area contributed by atoms with Crippen LogP contribution in [0.2, 0.25) is 5.02 Å². The molecule has 2 aromatic rings. The number of hydrogen-bond donors (Lipinski definition) is 1. The second kappa shape index (κ2) is 8.71. The van der Waals surface area contributed by atoms with Crippen LogP contribution in [0.25, 0.3) is 11.1 Å². The fourth-order valence-electron chi connectivity index (χ4n) is 3.27. The first-order valence-corrected chi connectivity index (χ1v) is 9.77. The predicted octanol–water partition coefficient (Wildman–Crippen LogP) is 3.45. The molecule has 0 spiro atoms. The molecule has 6 nitrogen and oxygen atoms in total. The van der Waals surface area contributed by atoms with E-state index in [2.05, 4.69) is 5.32 Å². The van der Waals surface area contributed by atoms with Crippen molar-refractivity contribution in [1.82, 2.24) is 5.32 Å². The van der Waals surface area contributed by atoms with Gasteiger partial charge in [0.05, 0.1) is 6.10 Å². The van der Waals surface area contributed by atoms with Gasteiger partial charge < -0.3 is 24.3 Å². The standard InChI is InChI=1S/C21H22ClNO5/c22-16-8-15(14-3-4-19-20(10-14)27-7-6-26-19)9-18(11-16)28-13-21(24)23-12-17-2-1-5-25-17/h3-4,8-11,17H,1-2,5-7,12-13H2,(H,23,24). The molecular formula is C21H22ClNO5. The molecule has 28 heavy (non-hydrogen) atoms. The number of fused-ring (bicyclic) bond motifs is 1. The summed E-state index contributed by atoms with van der Waals surface area (Å²) < 4.78 is 22.3. The molecule has 0 radical (unpaired) electrons. The lowest BCUT2D eigenvalue weighted by atomic mass is 10.0. The van der Waals surface area contributed by atoms with Crippen molar-refractivity contribution >= 4 is 17.5 Å². The molecule has 1 atom stereocenters. The van der Waals surface area contributed by atoms with Crippen LogP contribution < -0.4 is 19.5 Å². The zero-order chi connectivity index (χ0) is 19.3. The van der Waals surface area contributed by atoms with Gasteiger partial charge in [0.2, 0.25) is 0 Å². The normalized spacial score (nSPS) is 18.0. The average molecular weight is 404 g/mol. The van der Waals surface area contributed by atoms with Crippen molar-refractivity contribution in [3.8, 4) is 28.4 Å². The van der Waals surface area contributed by atoms with Crippen LogP contribution in [0.5, 0.6) is 17.2 Å². The van der Waals surface area contributed by atoms with Crippen LogP contribution in [0.1, 0.15) is 12.8 Å². The van der Waals surface area contributed by atoms with Crippen LogP contribution in [0, 0.1) is 0 Å². The van der Waals surface area contributed by atoms with Crippen molar-refractivity contribution in [2.24, 2.45) is 0 Å². The third kappa shape index (κ3) is 4.69. The molecule has 2 aromatic carbocycles. The maximum atomic E-state index is 12.0. The molecule has 0 aromatic heterocycles. The van der Waals surface area contributed by atoms with Crippen molar-refractivity contribution in [1.29, 1.82) is 0 Å². The Morgan fingerprint density at radius 1 is 1.07 bits per heavy atom. The van der Waals surface area contributed by atoms with Gasteiger partial charge in [-0.2, -0.15) is 0 Å². The Morgan fingerprint density at radius 2 is 1.93 bits per heavy atom. The highest BCUT2D eigenvalue weighted by atomic mass is 35.5.